The van der Waals surface area contributed by atoms with Gasteiger partial charge in [-0.2, -0.15) is 5.10 Å². The van der Waals surface area contributed by atoms with Crippen LogP contribution in [0.1, 0.15) is 5.56 Å². The molecule has 4 aromatic carbocycles. The number of anilines is 3. The van der Waals surface area contributed by atoms with Gasteiger partial charge in [0, 0.05) is 17.2 Å². The summed E-state index contributed by atoms with van der Waals surface area (Å²) in [5.74, 6) is -1.12. The number of para-hydroxylation sites is 2. The van der Waals surface area contributed by atoms with Crippen LogP contribution in [-0.2, 0) is 4.79 Å². The number of carbonyl (C=O) groups excluding carboxylic acids is 1. The van der Waals surface area contributed by atoms with Crippen LogP contribution in [0, 0.1) is 5.82 Å². The summed E-state index contributed by atoms with van der Waals surface area (Å²) < 4.78 is 24.1. The van der Waals surface area contributed by atoms with Crippen LogP contribution in [0.4, 0.5) is 26.2 Å². The third-order valence-corrected chi connectivity index (χ3v) is 5.87. The van der Waals surface area contributed by atoms with Crippen molar-refractivity contribution in [2.45, 2.75) is 0 Å². The topological polar surface area (TPSA) is 121 Å². The Morgan fingerprint density at radius 3 is 2.50 bits per heavy atom. The van der Waals surface area contributed by atoms with Crippen LogP contribution in [0.3, 0.4) is 0 Å². The highest BCUT2D eigenvalue weighted by atomic mass is 19.1. The minimum Gasteiger partial charge on any atom is -0.505 e. The van der Waals surface area contributed by atoms with E-state index >= 15 is 0 Å². The van der Waals surface area contributed by atoms with Gasteiger partial charge in [0.15, 0.2) is 17.3 Å². The summed E-state index contributed by atoms with van der Waals surface area (Å²) in [5.41, 5.74) is 5.28. The minimum atomic E-state index is -1.45. The van der Waals surface area contributed by atoms with Crippen molar-refractivity contribution in [1.29, 1.82) is 0 Å². The highest BCUT2D eigenvalue weighted by molar-refractivity contribution is 6.55. The number of carboxylic acid groups (broad SMARTS) is 1. The Labute approximate surface area is 216 Å². The summed E-state index contributed by atoms with van der Waals surface area (Å²) in [4.78, 5) is 25.6. The van der Waals surface area contributed by atoms with Gasteiger partial charge in [0.1, 0.15) is 11.5 Å². The molecular formula is C28H20FN3O6. The van der Waals surface area contributed by atoms with Gasteiger partial charge in [0.2, 0.25) is 0 Å². The number of hydrazone groups is 1. The van der Waals surface area contributed by atoms with Crippen LogP contribution in [-0.4, -0.2) is 35.1 Å². The van der Waals surface area contributed by atoms with Gasteiger partial charge >= 0.3 is 6.16 Å². The van der Waals surface area contributed by atoms with Crippen molar-refractivity contribution >= 4 is 34.8 Å². The van der Waals surface area contributed by atoms with Gasteiger partial charge in [0.05, 0.1) is 24.2 Å². The molecule has 3 N–H and O–H groups in total. The zero-order valence-electron chi connectivity index (χ0n) is 19.9. The van der Waals surface area contributed by atoms with Crippen molar-refractivity contribution in [3.05, 3.63) is 96.3 Å². The SMILES string of the molecule is COc1ccc(N2C(=O)C(=NNc3cccc(-c4cccc(OC(=O)O)c4)c3O)c3ccccc32)cc1F. The molecule has 0 saturated carbocycles. The standard InChI is InChI=1S/C28H20FN3O6/c1-37-24-13-12-17(15-21(24)29)32-23-11-3-2-8-20(23)25(27(32)34)31-30-22-10-5-9-19(26(22)33)16-6-4-7-18(14-16)38-28(35)36/h2-15,30,33H,1H3,(H,35,36). The van der Waals surface area contributed by atoms with E-state index in [-0.39, 0.29) is 28.6 Å². The number of rotatable bonds is 6. The molecule has 0 aliphatic carbocycles. The molecule has 38 heavy (non-hydrogen) atoms. The fourth-order valence-electron chi connectivity index (χ4n) is 4.17. The van der Waals surface area contributed by atoms with Crippen LogP contribution in [0.25, 0.3) is 11.1 Å². The molecule has 190 valence electrons. The summed E-state index contributed by atoms with van der Waals surface area (Å²) in [6.07, 6.45) is -1.45. The first-order valence-electron chi connectivity index (χ1n) is 11.3. The van der Waals surface area contributed by atoms with Gasteiger partial charge in [-0.3, -0.25) is 15.1 Å². The van der Waals surface area contributed by atoms with E-state index in [2.05, 4.69) is 10.5 Å². The molecule has 1 heterocycles. The molecule has 0 atom stereocenters. The first-order valence-corrected chi connectivity index (χ1v) is 11.3. The summed E-state index contributed by atoms with van der Waals surface area (Å²) in [5, 5.41) is 24.1. The summed E-state index contributed by atoms with van der Waals surface area (Å²) in [6.45, 7) is 0. The van der Waals surface area contributed by atoms with Crippen LogP contribution in [0.5, 0.6) is 17.2 Å². The number of phenols is 1. The third kappa shape index (κ3) is 4.46. The Morgan fingerprint density at radius 2 is 1.74 bits per heavy atom. The number of carbonyl (C=O) groups is 2. The van der Waals surface area contributed by atoms with Gasteiger partial charge < -0.3 is 19.7 Å². The molecule has 0 radical (unpaired) electrons. The number of hydrogen-bond acceptors (Lipinski definition) is 7. The molecule has 9 nitrogen and oxygen atoms in total. The van der Waals surface area contributed by atoms with Crippen LogP contribution >= 0.6 is 0 Å². The maximum atomic E-state index is 14.4. The monoisotopic (exact) mass is 513 g/mol. The van der Waals surface area contributed by atoms with E-state index in [1.165, 1.54) is 36.3 Å². The molecule has 10 heteroatoms. The Balaban J connectivity index is 1.48. The Morgan fingerprint density at radius 1 is 0.974 bits per heavy atom. The second-order valence-electron chi connectivity index (χ2n) is 8.15. The number of nitrogens with one attached hydrogen (secondary N) is 1. The largest absolute Gasteiger partial charge is 0.511 e. The molecule has 4 aromatic rings. The van der Waals surface area contributed by atoms with Crippen LogP contribution < -0.4 is 19.8 Å². The van der Waals surface area contributed by atoms with Gasteiger partial charge in [-0.1, -0.05) is 42.5 Å². The maximum Gasteiger partial charge on any atom is 0.511 e. The van der Waals surface area contributed by atoms with E-state index in [4.69, 9.17) is 14.6 Å². The van der Waals surface area contributed by atoms with Crippen LogP contribution in [0.15, 0.2) is 90.0 Å². The van der Waals surface area contributed by atoms with Crippen LogP contribution in [0.2, 0.25) is 0 Å². The summed E-state index contributed by atoms with van der Waals surface area (Å²) in [7, 11) is 1.36. The fraction of sp³-hybridized carbons (Fsp3) is 0.0357. The molecule has 0 fully saturated rings. The number of amides is 1. The number of fused-ring (bicyclic) bond motifs is 1. The number of methoxy groups -OCH3 is 1. The lowest BCUT2D eigenvalue weighted by Crippen LogP contribution is -2.26. The van der Waals surface area contributed by atoms with Gasteiger partial charge in [-0.15, -0.1) is 0 Å². The third-order valence-electron chi connectivity index (χ3n) is 5.87. The number of aromatic hydroxyl groups is 1. The normalized spacial score (nSPS) is 13.4. The number of benzene rings is 4. The average molecular weight is 513 g/mol. The lowest BCUT2D eigenvalue weighted by molar-refractivity contribution is -0.111. The van der Waals surface area contributed by atoms with Crippen molar-refractivity contribution in [3.8, 4) is 28.4 Å². The number of nitrogens with zero attached hydrogens (tertiary/aromatic N) is 2. The molecule has 1 aliphatic rings. The molecule has 5 rings (SSSR count). The first kappa shape index (κ1) is 24.3. The average Bonchev–Trinajstić information content (AvgIpc) is 3.18. The van der Waals surface area contributed by atoms with Gasteiger partial charge in [-0.05, 0) is 42.0 Å². The lowest BCUT2D eigenvalue weighted by atomic mass is 10.0. The molecule has 0 unspecified atom stereocenters. The second kappa shape index (κ2) is 9.94. The molecule has 1 aliphatic heterocycles. The van der Waals surface area contributed by atoms with E-state index in [0.717, 1.165) is 0 Å². The van der Waals surface area contributed by atoms with Crippen molar-refractivity contribution in [3.63, 3.8) is 0 Å². The van der Waals surface area contributed by atoms with Crippen molar-refractivity contribution < 1.29 is 33.7 Å². The molecule has 1 amide bonds. The highest BCUT2D eigenvalue weighted by Gasteiger charge is 2.35. The van der Waals surface area contributed by atoms with Crippen molar-refractivity contribution in [1.82, 2.24) is 0 Å². The Bertz CT molecular complexity index is 1600. The lowest BCUT2D eigenvalue weighted by Gasteiger charge is -2.17. The van der Waals surface area contributed by atoms with E-state index in [1.807, 2.05) is 0 Å². The first-order chi connectivity index (χ1) is 18.4. The smallest absolute Gasteiger partial charge is 0.505 e. The van der Waals surface area contributed by atoms with E-state index in [1.54, 1.807) is 60.7 Å². The zero-order chi connectivity index (χ0) is 26.8. The van der Waals surface area contributed by atoms with E-state index in [0.29, 0.717) is 28.1 Å². The van der Waals surface area contributed by atoms with Gasteiger partial charge in [0.25, 0.3) is 5.91 Å². The fourth-order valence-corrected chi connectivity index (χ4v) is 4.17. The Kier molecular flexibility index (Phi) is 6.36. The van der Waals surface area contributed by atoms with Gasteiger partial charge in [-0.25, -0.2) is 9.18 Å². The molecule has 0 spiro atoms. The number of phenolic OH excluding ortho intramolecular Hbond substituents is 1. The predicted octanol–water partition coefficient (Wildman–Crippen LogP) is 5.76. The van der Waals surface area contributed by atoms with Crippen molar-refractivity contribution in [2.24, 2.45) is 5.10 Å². The Hall–Kier alpha value is -5.38. The molecule has 0 aromatic heterocycles. The quantitative estimate of drug-likeness (QED) is 0.130. The number of halogens is 1. The second-order valence-corrected chi connectivity index (χ2v) is 8.15. The zero-order valence-corrected chi connectivity index (χ0v) is 19.9. The molecule has 0 saturated heterocycles. The summed E-state index contributed by atoms with van der Waals surface area (Å²) in [6, 6.07) is 22.3. The van der Waals surface area contributed by atoms with Crippen molar-refractivity contribution in [2.75, 3.05) is 17.4 Å². The summed E-state index contributed by atoms with van der Waals surface area (Å²) >= 11 is 0. The molecular weight excluding hydrogens is 493 g/mol. The predicted molar refractivity (Wildman–Crippen MR) is 139 cm³/mol. The van der Waals surface area contributed by atoms with E-state index in [9.17, 15) is 19.1 Å². The minimum absolute atomic E-state index is 0.0552. The molecule has 0 bridgehead atoms. The number of ether oxygens (including phenoxy) is 2. The highest BCUT2D eigenvalue weighted by Crippen LogP contribution is 2.39. The van der Waals surface area contributed by atoms with E-state index < -0.39 is 17.9 Å². The maximum absolute atomic E-state index is 14.4. The number of hydrogen-bond donors (Lipinski definition) is 3.